The average Bonchev–Trinajstić information content (AvgIpc) is 2.49. The van der Waals surface area contributed by atoms with Crippen LogP contribution in [0.3, 0.4) is 0 Å². The van der Waals surface area contributed by atoms with E-state index in [1.54, 1.807) is 0 Å². The van der Waals surface area contributed by atoms with E-state index in [1.807, 2.05) is 24.3 Å². The van der Waals surface area contributed by atoms with E-state index in [4.69, 9.17) is 0 Å². The number of rotatable bonds is 5. The van der Waals surface area contributed by atoms with Crippen molar-refractivity contribution >= 4 is 29.9 Å². The second-order valence-electron chi connectivity index (χ2n) is 5.46. The molecule has 0 bridgehead atoms. The van der Waals surface area contributed by atoms with Crippen LogP contribution in [0.25, 0.3) is 0 Å². The Morgan fingerprint density at radius 1 is 1.27 bits per heavy atom. The summed E-state index contributed by atoms with van der Waals surface area (Å²) in [5.41, 5.74) is 1.94. The van der Waals surface area contributed by atoms with Crippen LogP contribution in [0.2, 0.25) is 0 Å². The minimum absolute atomic E-state index is 0. The van der Waals surface area contributed by atoms with Gasteiger partial charge in [-0.15, -0.1) is 12.4 Å². The number of carbonyl (C=O) groups is 2. The van der Waals surface area contributed by atoms with Crippen LogP contribution < -0.4 is 16.0 Å². The van der Waals surface area contributed by atoms with E-state index in [0.29, 0.717) is 6.54 Å². The molecule has 0 aliphatic carbocycles. The summed E-state index contributed by atoms with van der Waals surface area (Å²) in [6.45, 7) is 3.94. The molecular weight excluding hydrogens is 302 g/mol. The van der Waals surface area contributed by atoms with Gasteiger partial charge in [0.2, 0.25) is 11.8 Å². The molecule has 2 rings (SSSR count). The highest BCUT2D eigenvalue weighted by Gasteiger charge is 2.19. The van der Waals surface area contributed by atoms with Gasteiger partial charge in [-0.05, 0) is 43.5 Å². The van der Waals surface area contributed by atoms with Crippen molar-refractivity contribution in [2.75, 3.05) is 25.0 Å². The molecule has 1 heterocycles. The summed E-state index contributed by atoms with van der Waals surface area (Å²) in [6, 6.07) is 7.70. The van der Waals surface area contributed by atoms with Crippen LogP contribution in [-0.4, -0.2) is 31.4 Å². The molecule has 1 aromatic rings. The molecule has 1 aliphatic heterocycles. The zero-order valence-corrected chi connectivity index (χ0v) is 13.7. The number of carbonyl (C=O) groups excluding carboxylic acids is 2. The molecule has 1 atom stereocenters. The summed E-state index contributed by atoms with van der Waals surface area (Å²) in [5.74, 6) is 0.189. The summed E-state index contributed by atoms with van der Waals surface area (Å²) < 4.78 is 0. The van der Waals surface area contributed by atoms with Crippen molar-refractivity contribution in [1.29, 1.82) is 0 Å². The smallest absolute Gasteiger partial charge is 0.224 e. The Balaban J connectivity index is 0.00000242. The van der Waals surface area contributed by atoms with Crippen molar-refractivity contribution in [3.8, 4) is 0 Å². The van der Waals surface area contributed by atoms with Gasteiger partial charge in [-0.2, -0.15) is 0 Å². The van der Waals surface area contributed by atoms with Gasteiger partial charge in [0.1, 0.15) is 0 Å². The third-order valence-electron chi connectivity index (χ3n) is 3.65. The van der Waals surface area contributed by atoms with Crippen LogP contribution in [-0.2, 0) is 16.0 Å². The average molecular weight is 326 g/mol. The second-order valence-corrected chi connectivity index (χ2v) is 5.46. The molecule has 6 heteroatoms. The molecule has 122 valence electrons. The van der Waals surface area contributed by atoms with Crippen LogP contribution in [0, 0.1) is 5.92 Å². The molecule has 1 saturated heterocycles. The van der Waals surface area contributed by atoms with Crippen molar-refractivity contribution in [2.45, 2.75) is 26.2 Å². The molecule has 0 aromatic heterocycles. The van der Waals surface area contributed by atoms with Gasteiger partial charge in [0.05, 0.1) is 5.92 Å². The largest absolute Gasteiger partial charge is 0.355 e. The number of amides is 2. The minimum Gasteiger partial charge on any atom is -0.355 e. The highest BCUT2D eigenvalue weighted by molar-refractivity contribution is 5.88. The van der Waals surface area contributed by atoms with E-state index in [1.165, 1.54) is 6.92 Å². The molecule has 0 saturated carbocycles. The van der Waals surface area contributed by atoms with Gasteiger partial charge in [0.15, 0.2) is 0 Å². The van der Waals surface area contributed by atoms with E-state index in [-0.39, 0.29) is 30.1 Å². The number of piperidine rings is 1. The topological polar surface area (TPSA) is 70.2 Å². The van der Waals surface area contributed by atoms with Crippen LogP contribution >= 0.6 is 12.4 Å². The third-order valence-corrected chi connectivity index (χ3v) is 3.65. The van der Waals surface area contributed by atoms with Gasteiger partial charge >= 0.3 is 0 Å². The molecule has 0 radical (unpaired) electrons. The van der Waals surface area contributed by atoms with E-state index in [9.17, 15) is 9.59 Å². The summed E-state index contributed by atoms with van der Waals surface area (Å²) in [5, 5.41) is 8.98. The monoisotopic (exact) mass is 325 g/mol. The number of benzene rings is 1. The maximum atomic E-state index is 12.0. The molecule has 3 N–H and O–H groups in total. The van der Waals surface area contributed by atoms with Crippen molar-refractivity contribution in [3.05, 3.63) is 29.8 Å². The Bertz CT molecular complexity index is 485. The van der Waals surface area contributed by atoms with Crippen LogP contribution in [0.15, 0.2) is 24.3 Å². The predicted molar refractivity (Wildman–Crippen MR) is 90.3 cm³/mol. The third kappa shape index (κ3) is 6.03. The van der Waals surface area contributed by atoms with Gasteiger partial charge in [0.25, 0.3) is 0 Å². The van der Waals surface area contributed by atoms with E-state index >= 15 is 0 Å². The number of hydrogen-bond donors (Lipinski definition) is 3. The fraction of sp³-hybridized carbons (Fsp3) is 0.500. The lowest BCUT2D eigenvalue weighted by Gasteiger charge is -2.21. The van der Waals surface area contributed by atoms with Gasteiger partial charge in [-0.1, -0.05) is 12.1 Å². The summed E-state index contributed by atoms with van der Waals surface area (Å²) in [4.78, 5) is 22.9. The number of nitrogens with one attached hydrogen (secondary N) is 3. The predicted octanol–water partition coefficient (Wildman–Crippen LogP) is 1.73. The van der Waals surface area contributed by atoms with Crippen molar-refractivity contribution < 1.29 is 9.59 Å². The van der Waals surface area contributed by atoms with Gasteiger partial charge < -0.3 is 16.0 Å². The van der Waals surface area contributed by atoms with Crippen molar-refractivity contribution in [3.63, 3.8) is 0 Å². The van der Waals surface area contributed by atoms with E-state index in [2.05, 4.69) is 16.0 Å². The van der Waals surface area contributed by atoms with Gasteiger partial charge in [-0.3, -0.25) is 9.59 Å². The molecule has 22 heavy (non-hydrogen) atoms. The summed E-state index contributed by atoms with van der Waals surface area (Å²) in [7, 11) is 0. The number of halogens is 1. The Hall–Kier alpha value is -1.59. The minimum atomic E-state index is -0.0731. The molecule has 0 spiro atoms. The van der Waals surface area contributed by atoms with E-state index < -0.39 is 0 Å². The Labute approximate surface area is 137 Å². The first-order valence-corrected chi connectivity index (χ1v) is 7.50. The molecular formula is C16H24ClN3O2. The molecule has 5 nitrogen and oxygen atoms in total. The highest BCUT2D eigenvalue weighted by Crippen LogP contribution is 2.11. The maximum Gasteiger partial charge on any atom is 0.224 e. The first-order chi connectivity index (χ1) is 10.1. The SMILES string of the molecule is CC(=O)Nc1ccc(CCNC(=O)C2CCCNC2)cc1.Cl. The molecule has 1 aromatic carbocycles. The Morgan fingerprint density at radius 3 is 2.59 bits per heavy atom. The zero-order valence-electron chi connectivity index (χ0n) is 12.9. The highest BCUT2D eigenvalue weighted by atomic mass is 35.5. The van der Waals surface area contributed by atoms with Gasteiger partial charge in [-0.25, -0.2) is 0 Å². The first-order valence-electron chi connectivity index (χ1n) is 7.50. The van der Waals surface area contributed by atoms with Gasteiger partial charge in [0, 0.05) is 25.7 Å². The lowest BCUT2D eigenvalue weighted by atomic mass is 9.99. The van der Waals surface area contributed by atoms with E-state index in [0.717, 1.165) is 43.6 Å². The summed E-state index contributed by atoms with van der Waals surface area (Å²) >= 11 is 0. The summed E-state index contributed by atoms with van der Waals surface area (Å²) in [6.07, 6.45) is 2.85. The van der Waals surface area contributed by atoms with Crippen molar-refractivity contribution in [2.24, 2.45) is 5.92 Å². The van der Waals surface area contributed by atoms with Crippen LogP contribution in [0.1, 0.15) is 25.3 Å². The standard InChI is InChI=1S/C16H23N3O2.ClH/c1-12(20)19-15-6-4-13(5-7-15)8-10-18-16(21)14-3-2-9-17-11-14;/h4-7,14,17H,2-3,8-11H2,1H3,(H,18,21)(H,19,20);1H. The molecule has 2 amide bonds. The quantitative estimate of drug-likeness (QED) is 0.772. The van der Waals surface area contributed by atoms with Crippen LogP contribution in [0.5, 0.6) is 0 Å². The first kappa shape index (κ1) is 18.5. The zero-order chi connectivity index (χ0) is 15.1. The second kappa shape index (κ2) is 9.43. The lowest BCUT2D eigenvalue weighted by Crippen LogP contribution is -2.41. The Morgan fingerprint density at radius 2 is 2.00 bits per heavy atom. The maximum absolute atomic E-state index is 12.0. The fourth-order valence-electron chi connectivity index (χ4n) is 2.51. The fourth-order valence-corrected chi connectivity index (χ4v) is 2.51. The molecule has 1 unspecified atom stereocenters. The lowest BCUT2D eigenvalue weighted by molar-refractivity contribution is -0.125. The molecule has 1 aliphatic rings. The molecule has 1 fully saturated rings. The number of anilines is 1. The number of hydrogen-bond acceptors (Lipinski definition) is 3. The van der Waals surface area contributed by atoms with Crippen LogP contribution in [0.4, 0.5) is 5.69 Å². The van der Waals surface area contributed by atoms with Crippen molar-refractivity contribution in [1.82, 2.24) is 10.6 Å². The Kier molecular flexibility index (Phi) is 7.91. The normalized spacial score (nSPS) is 17.2.